The van der Waals surface area contributed by atoms with Crippen molar-refractivity contribution in [1.82, 2.24) is 14.8 Å². The van der Waals surface area contributed by atoms with Crippen LogP contribution in [-0.2, 0) is 4.79 Å². The smallest absolute Gasteiger partial charge is 0.323 e. The van der Waals surface area contributed by atoms with Crippen LogP contribution < -0.4 is 0 Å². The number of rotatable bonds is 5. The van der Waals surface area contributed by atoms with Crippen molar-refractivity contribution in [2.45, 2.75) is 32.7 Å². The highest BCUT2D eigenvalue weighted by Crippen LogP contribution is 2.15. The number of carboxylic acid groups (broad SMARTS) is 1. The van der Waals surface area contributed by atoms with Gasteiger partial charge in [-0.1, -0.05) is 0 Å². The van der Waals surface area contributed by atoms with E-state index in [0.717, 1.165) is 25.9 Å². The fourth-order valence-electron chi connectivity index (χ4n) is 2.53. The molecular formula is C15H21N3O4. The van der Waals surface area contributed by atoms with Crippen LogP contribution in [0.5, 0.6) is 0 Å². The molecule has 0 unspecified atom stereocenters. The largest absolute Gasteiger partial charge is 0.480 e. The van der Waals surface area contributed by atoms with Gasteiger partial charge in [0.15, 0.2) is 0 Å². The van der Waals surface area contributed by atoms with E-state index in [2.05, 4.69) is 4.98 Å². The van der Waals surface area contributed by atoms with Crippen molar-refractivity contribution in [3.05, 3.63) is 23.5 Å². The molecule has 2 amide bonds. The Bertz CT molecular complexity index is 573. The van der Waals surface area contributed by atoms with Gasteiger partial charge in [0.25, 0.3) is 11.8 Å². The standard InChI is InChI=1S/C15H21N3O4/c1-10(2)18(9-13(19)20)14(21)11-7-12(16-8-11)15(22)17-5-3-4-6-17/h7-8,10,16H,3-6,9H2,1-2H3,(H,19,20). The zero-order chi connectivity index (χ0) is 16.3. The number of aromatic amines is 1. The predicted molar refractivity (Wildman–Crippen MR) is 79.7 cm³/mol. The molecule has 1 aromatic rings. The monoisotopic (exact) mass is 307 g/mol. The number of likely N-dealkylation sites (tertiary alicyclic amines) is 1. The molecule has 1 fully saturated rings. The second kappa shape index (κ2) is 6.64. The summed E-state index contributed by atoms with van der Waals surface area (Å²) in [5.41, 5.74) is 0.668. The molecule has 7 nitrogen and oxygen atoms in total. The average Bonchev–Trinajstić information content (AvgIpc) is 3.13. The summed E-state index contributed by atoms with van der Waals surface area (Å²) in [6.07, 6.45) is 3.46. The van der Waals surface area contributed by atoms with Gasteiger partial charge in [-0.25, -0.2) is 0 Å². The lowest BCUT2D eigenvalue weighted by Crippen LogP contribution is -2.40. The minimum absolute atomic E-state index is 0.120. The molecule has 120 valence electrons. The van der Waals surface area contributed by atoms with Crippen molar-refractivity contribution in [2.24, 2.45) is 0 Å². The lowest BCUT2D eigenvalue weighted by atomic mass is 10.2. The molecule has 1 aliphatic heterocycles. The topological polar surface area (TPSA) is 93.7 Å². The first kappa shape index (κ1) is 16.1. The number of hydrogen-bond acceptors (Lipinski definition) is 3. The summed E-state index contributed by atoms with van der Waals surface area (Å²) in [7, 11) is 0. The summed E-state index contributed by atoms with van der Waals surface area (Å²) in [6, 6.07) is 1.26. The Labute approximate surface area is 128 Å². The molecule has 0 bridgehead atoms. The number of carboxylic acids is 1. The maximum absolute atomic E-state index is 12.4. The van der Waals surface area contributed by atoms with Crippen LogP contribution in [0.1, 0.15) is 47.5 Å². The second-order valence-corrected chi connectivity index (χ2v) is 5.72. The van der Waals surface area contributed by atoms with Crippen LogP contribution in [0.3, 0.4) is 0 Å². The number of nitrogens with zero attached hydrogens (tertiary/aromatic N) is 2. The van der Waals surface area contributed by atoms with Gasteiger partial charge in [-0.15, -0.1) is 0 Å². The summed E-state index contributed by atoms with van der Waals surface area (Å²) >= 11 is 0. The third-order valence-electron chi connectivity index (χ3n) is 3.74. The lowest BCUT2D eigenvalue weighted by molar-refractivity contribution is -0.138. The van der Waals surface area contributed by atoms with E-state index in [4.69, 9.17) is 5.11 Å². The molecule has 2 N–H and O–H groups in total. The molecule has 0 radical (unpaired) electrons. The number of hydrogen-bond donors (Lipinski definition) is 2. The Hall–Kier alpha value is -2.31. The van der Waals surface area contributed by atoms with E-state index in [-0.39, 0.29) is 18.5 Å². The molecule has 0 aromatic carbocycles. The highest BCUT2D eigenvalue weighted by Gasteiger charge is 2.25. The van der Waals surface area contributed by atoms with Gasteiger partial charge in [0.2, 0.25) is 0 Å². The normalized spacial score (nSPS) is 14.4. The van der Waals surface area contributed by atoms with Crippen molar-refractivity contribution in [1.29, 1.82) is 0 Å². The minimum Gasteiger partial charge on any atom is -0.480 e. The van der Waals surface area contributed by atoms with Gasteiger partial charge in [0.05, 0.1) is 5.56 Å². The summed E-state index contributed by atoms with van der Waals surface area (Å²) in [5, 5.41) is 8.90. The minimum atomic E-state index is -1.06. The van der Waals surface area contributed by atoms with Gasteiger partial charge in [-0.05, 0) is 32.8 Å². The van der Waals surface area contributed by atoms with Crippen LogP contribution >= 0.6 is 0 Å². The zero-order valence-corrected chi connectivity index (χ0v) is 12.8. The summed E-state index contributed by atoms with van der Waals surface area (Å²) in [6.45, 7) is 4.61. The van der Waals surface area contributed by atoms with Gasteiger partial charge in [-0.3, -0.25) is 14.4 Å². The van der Waals surface area contributed by atoms with Gasteiger partial charge >= 0.3 is 5.97 Å². The van der Waals surface area contributed by atoms with Crippen molar-refractivity contribution in [3.8, 4) is 0 Å². The zero-order valence-electron chi connectivity index (χ0n) is 12.8. The molecule has 0 saturated carbocycles. The van der Waals surface area contributed by atoms with Crippen LogP contribution in [0.15, 0.2) is 12.3 Å². The Morgan fingerprint density at radius 2 is 1.95 bits per heavy atom. The van der Waals surface area contributed by atoms with Crippen molar-refractivity contribution < 1.29 is 19.5 Å². The van der Waals surface area contributed by atoms with Crippen molar-refractivity contribution >= 4 is 17.8 Å². The van der Waals surface area contributed by atoms with Crippen LogP contribution in [0, 0.1) is 0 Å². The number of carbonyl (C=O) groups is 3. The van der Waals surface area contributed by atoms with Gasteiger partial charge in [-0.2, -0.15) is 0 Å². The Kier molecular flexibility index (Phi) is 4.85. The van der Waals surface area contributed by atoms with Gasteiger partial charge in [0.1, 0.15) is 12.2 Å². The fourth-order valence-corrected chi connectivity index (χ4v) is 2.53. The predicted octanol–water partition coefficient (Wildman–Crippen LogP) is 1.19. The SMILES string of the molecule is CC(C)N(CC(=O)O)C(=O)c1c[nH]c(C(=O)N2CCCC2)c1. The lowest BCUT2D eigenvalue weighted by Gasteiger charge is -2.24. The molecule has 22 heavy (non-hydrogen) atoms. The molecule has 1 aliphatic rings. The third-order valence-corrected chi connectivity index (χ3v) is 3.74. The Balaban J connectivity index is 2.13. The van der Waals surface area contributed by atoms with E-state index in [1.165, 1.54) is 17.2 Å². The van der Waals surface area contributed by atoms with Gasteiger partial charge < -0.3 is 19.9 Å². The maximum Gasteiger partial charge on any atom is 0.323 e. The number of aliphatic carboxylic acids is 1. The van der Waals surface area contributed by atoms with Crippen LogP contribution in [0.2, 0.25) is 0 Å². The summed E-state index contributed by atoms with van der Waals surface area (Å²) in [5.74, 6) is -1.58. The first-order valence-corrected chi connectivity index (χ1v) is 7.40. The van der Waals surface area contributed by atoms with E-state index in [0.29, 0.717) is 11.3 Å². The second-order valence-electron chi connectivity index (χ2n) is 5.72. The summed E-state index contributed by atoms with van der Waals surface area (Å²) < 4.78 is 0. The number of carbonyl (C=O) groups excluding carboxylic acids is 2. The first-order valence-electron chi connectivity index (χ1n) is 7.40. The van der Waals surface area contributed by atoms with E-state index < -0.39 is 11.9 Å². The molecule has 0 aliphatic carbocycles. The molecule has 7 heteroatoms. The van der Waals surface area contributed by atoms with E-state index in [1.807, 2.05) is 0 Å². The van der Waals surface area contributed by atoms with Crippen molar-refractivity contribution in [2.75, 3.05) is 19.6 Å². The molecule has 0 atom stereocenters. The number of nitrogens with one attached hydrogen (secondary N) is 1. The van der Waals surface area contributed by atoms with E-state index >= 15 is 0 Å². The van der Waals surface area contributed by atoms with Crippen molar-refractivity contribution in [3.63, 3.8) is 0 Å². The van der Waals surface area contributed by atoms with Crippen LogP contribution in [0.25, 0.3) is 0 Å². The fraction of sp³-hybridized carbons (Fsp3) is 0.533. The number of amides is 2. The first-order chi connectivity index (χ1) is 10.4. The Morgan fingerprint density at radius 3 is 2.50 bits per heavy atom. The van der Waals surface area contributed by atoms with Crippen LogP contribution in [0.4, 0.5) is 0 Å². The average molecular weight is 307 g/mol. The molecule has 1 saturated heterocycles. The van der Waals surface area contributed by atoms with E-state index in [9.17, 15) is 14.4 Å². The Morgan fingerprint density at radius 1 is 1.32 bits per heavy atom. The summed E-state index contributed by atoms with van der Waals surface area (Å²) in [4.78, 5) is 41.3. The third kappa shape index (κ3) is 3.47. The highest BCUT2D eigenvalue weighted by molar-refractivity contribution is 6.00. The molecule has 1 aromatic heterocycles. The molecular weight excluding hydrogens is 286 g/mol. The molecule has 2 rings (SSSR count). The van der Waals surface area contributed by atoms with Gasteiger partial charge in [0, 0.05) is 25.3 Å². The van der Waals surface area contributed by atoms with E-state index in [1.54, 1.807) is 18.7 Å². The number of H-pyrrole nitrogens is 1. The molecule has 0 spiro atoms. The van der Waals surface area contributed by atoms with Crippen LogP contribution in [-0.4, -0.2) is 63.4 Å². The number of aromatic nitrogens is 1. The highest BCUT2D eigenvalue weighted by atomic mass is 16.4. The molecule has 2 heterocycles. The maximum atomic E-state index is 12.4. The quantitative estimate of drug-likeness (QED) is 0.854.